The van der Waals surface area contributed by atoms with Crippen molar-refractivity contribution in [3.8, 4) is 0 Å². The van der Waals surface area contributed by atoms with E-state index in [0.717, 1.165) is 17.1 Å². The van der Waals surface area contributed by atoms with Crippen molar-refractivity contribution in [2.75, 3.05) is 5.32 Å². The molecule has 1 unspecified atom stereocenters. The van der Waals surface area contributed by atoms with Crippen molar-refractivity contribution in [1.82, 2.24) is 14.9 Å². The van der Waals surface area contributed by atoms with Crippen molar-refractivity contribution in [2.45, 2.75) is 19.5 Å². The maximum absolute atomic E-state index is 11.8. The molecule has 0 aliphatic carbocycles. The zero-order chi connectivity index (χ0) is 14.5. The number of imidazole rings is 1. The largest absolute Gasteiger partial charge is 0.337 e. The summed E-state index contributed by atoms with van der Waals surface area (Å²) in [5.41, 5.74) is 7.53. The van der Waals surface area contributed by atoms with Crippen LogP contribution in [0.2, 0.25) is 0 Å². The summed E-state index contributed by atoms with van der Waals surface area (Å²) in [7, 11) is 1.88. The SMILES string of the molecule is CC(N)c1ccc(NC(=O)NCc2nccn2C)cc1. The summed E-state index contributed by atoms with van der Waals surface area (Å²) in [6, 6.07) is 7.19. The second-order valence-corrected chi connectivity index (χ2v) is 4.67. The quantitative estimate of drug-likeness (QED) is 0.793. The number of nitrogens with two attached hydrogens (primary N) is 1. The van der Waals surface area contributed by atoms with Crippen LogP contribution >= 0.6 is 0 Å². The lowest BCUT2D eigenvalue weighted by molar-refractivity contribution is 0.251. The van der Waals surface area contributed by atoms with Gasteiger partial charge in [-0.2, -0.15) is 0 Å². The first kappa shape index (κ1) is 14.1. The molecule has 1 aromatic carbocycles. The van der Waals surface area contributed by atoms with E-state index in [9.17, 15) is 4.79 Å². The van der Waals surface area contributed by atoms with Crippen LogP contribution in [0.3, 0.4) is 0 Å². The molecule has 0 bridgehead atoms. The third-order valence-corrected chi connectivity index (χ3v) is 3.02. The molecule has 6 heteroatoms. The second-order valence-electron chi connectivity index (χ2n) is 4.67. The standard InChI is InChI=1S/C14H19N5O/c1-10(15)11-3-5-12(6-4-11)18-14(20)17-9-13-16-7-8-19(13)2/h3-8,10H,9,15H2,1-2H3,(H2,17,18,20). The number of carbonyl (C=O) groups excluding carboxylic acids is 1. The average Bonchev–Trinajstić information content (AvgIpc) is 2.82. The summed E-state index contributed by atoms with van der Waals surface area (Å²) >= 11 is 0. The molecular weight excluding hydrogens is 254 g/mol. The highest BCUT2D eigenvalue weighted by molar-refractivity contribution is 5.89. The van der Waals surface area contributed by atoms with Gasteiger partial charge in [0.1, 0.15) is 5.82 Å². The van der Waals surface area contributed by atoms with Gasteiger partial charge in [-0.25, -0.2) is 9.78 Å². The van der Waals surface area contributed by atoms with Crippen LogP contribution in [0.5, 0.6) is 0 Å². The van der Waals surface area contributed by atoms with Crippen molar-refractivity contribution in [2.24, 2.45) is 12.8 Å². The first-order valence-corrected chi connectivity index (χ1v) is 6.43. The van der Waals surface area contributed by atoms with Gasteiger partial charge >= 0.3 is 6.03 Å². The molecule has 1 atom stereocenters. The van der Waals surface area contributed by atoms with Gasteiger partial charge in [-0.3, -0.25) is 0 Å². The molecular formula is C14H19N5O. The lowest BCUT2D eigenvalue weighted by atomic mass is 10.1. The fourth-order valence-electron chi connectivity index (χ4n) is 1.77. The van der Waals surface area contributed by atoms with Gasteiger partial charge in [0.25, 0.3) is 0 Å². The molecule has 6 nitrogen and oxygen atoms in total. The van der Waals surface area contributed by atoms with Gasteiger partial charge < -0.3 is 20.9 Å². The van der Waals surface area contributed by atoms with Crippen molar-refractivity contribution in [3.05, 3.63) is 48.0 Å². The van der Waals surface area contributed by atoms with Crippen LogP contribution in [-0.2, 0) is 13.6 Å². The van der Waals surface area contributed by atoms with Crippen molar-refractivity contribution < 1.29 is 4.79 Å². The summed E-state index contributed by atoms with van der Waals surface area (Å²) in [5.74, 6) is 0.799. The smallest absolute Gasteiger partial charge is 0.319 e. The Morgan fingerprint density at radius 1 is 1.40 bits per heavy atom. The Labute approximate surface area is 118 Å². The molecule has 0 fully saturated rings. The topological polar surface area (TPSA) is 85.0 Å². The van der Waals surface area contributed by atoms with E-state index < -0.39 is 0 Å². The van der Waals surface area contributed by atoms with E-state index in [1.807, 2.05) is 49.0 Å². The molecule has 0 saturated heterocycles. The third kappa shape index (κ3) is 3.58. The summed E-state index contributed by atoms with van der Waals surface area (Å²) in [4.78, 5) is 15.9. The zero-order valence-corrected chi connectivity index (χ0v) is 11.6. The van der Waals surface area contributed by atoms with Gasteiger partial charge in [0.2, 0.25) is 0 Å². The highest BCUT2D eigenvalue weighted by Crippen LogP contribution is 2.13. The van der Waals surface area contributed by atoms with Crippen LogP contribution in [0.25, 0.3) is 0 Å². The molecule has 4 N–H and O–H groups in total. The lowest BCUT2D eigenvalue weighted by Crippen LogP contribution is -2.29. The highest BCUT2D eigenvalue weighted by Gasteiger charge is 2.05. The van der Waals surface area contributed by atoms with E-state index in [0.29, 0.717) is 6.54 Å². The number of nitrogens with zero attached hydrogens (tertiary/aromatic N) is 2. The predicted octanol–water partition coefficient (Wildman–Crippen LogP) is 1.76. The van der Waals surface area contributed by atoms with Gasteiger partial charge in [0, 0.05) is 31.2 Å². The van der Waals surface area contributed by atoms with Crippen LogP contribution in [-0.4, -0.2) is 15.6 Å². The Kier molecular flexibility index (Phi) is 4.37. The van der Waals surface area contributed by atoms with Crippen LogP contribution in [0.15, 0.2) is 36.7 Å². The number of hydrogen-bond acceptors (Lipinski definition) is 3. The molecule has 106 valence electrons. The molecule has 2 rings (SSSR count). The zero-order valence-electron chi connectivity index (χ0n) is 11.6. The van der Waals surface area contributed by atoms with Crippen LogP contribution in [0.4, 0.5) is 10.5 Å². The Hall–Kier alpha value is -2.34. The van der Waals surface area contributed by atoms with Gasteiger partial charge in [-0.15, -0.1) is 0 Å². The monoisotopic (exact) mass is 273 g/mol. The molecule has 0 saturated carbocycles. The van der Waals surface area contributed by atoms with Crippen molar-refractivity contribution in [1.29, 1.82) is 0 Å². The molecule has 2 amide bonds. The number of carbonyl (C=O) groups is 1. The number of hydrogen-bond donors (Lipinski definition) is 3. The number of urea groups is 1. The third-order valence-electron chi connectivity index (χ3n) is 3.02. The molecule has 20 heavy (non-hydrogen) atoms. The number of amides is 2. The minimum atomic E-state index is -0.262. The summed E-state index contributed by atoms with van der Waals surface area (Å²) in [6.07, 6.45) is 3.53. The highest BCUT2D eigenvalue weighted by atomic mass is 16.2. The summed E-state index contributed by atoms with van der Waals surface area (Å²) < 4.78 is 1.86. The Balaban J connectivity index is 1.86. The minimum Gasteiger partial charge on any atom is -0.337 e. The van der Waals surface area contributed by atoms with Crippen molar-refractivity contribution in [3.63, 3.8) is 0 Å². The number of benzene rings is 1. The number of rotatable bonds is 4. The Morgan fingerprint density at radius 3 is 2.65 bits per heavy atom. The van der Waals surface area contributed by atoms with E-state index in [4.69, 9.17) is 5.73 Å². The van der Waals surface area contributed by atoms with Gasteiger partial charge in [0.15, 0.2) is 0 Å². The maximum Gasteiger partial charge on any atom is 0.319 e. The average molecular weight is 273 g/mol. The van der Waals surface area contributed by atoms with Crippen LogP contribution < -0.4 is 16.4 Å². The fraction of sp³-hybridized carbons (Fsp3) is 0.286. The van der Waals surface area contributed by atoms with Gasteiger partial charge in [-0.05, 0) is 24.6 Å². The number of nitrogens with one attached hydrogen (secondary N) is 2. The first-order chi connectivity index (χ1) is 9.56. The molecule has 1 aromatic heterocycles. The number of anilines is 1. The molecule has 0 aliphatic rings. The van der Waals surface area contributed by atoms with Gasteiger partial charge in [-0.1, -0.05) is 12.1 Å². The van der Waals surface area contributed by atoms with E-state index in [1.54, 1.807) is 6.20 Å². The van der Waals surface area contributed by atoms with Crippen LogP contribution in [0, 0.1) is 0 Å². The maximum atomic E-state index is 11.8. The van der Waals surface area contributed by atoms with E-state index in [2.05, 4.69) is 15.6 Å². The van der Waals surface area contributed by atoms with E-state index in [-0.39, 0.29) is 12.1 Å². The fourth-order valence-corrected chi connectivity index (χ4v) is 1.77. The van der Waals surface area contributed by atoms with E-state index >= 15 is 0 Å². The van der Waals surface area contributed by atoms with E-state index in [1.165, 1.54) is 0 Å². The van der Waals surface area contributed by atoms with Crippen molar-refractivity contribution >= 4 is 11.7 Å². The minimum absolute atomic E-state index is 0.0127. The molecule has 2 aromatic rings. The summed E-state index contributed by atoms with van der Waals surface area (Å²) in [5, 5.41) is 5.52. The molecule has 0 spiro atoms. The summed E-state index contributed by atoms with van der Waals surface area (Å²) in [6.45, 7) is 2.30. The Morgan fingerprint density at radius 2 is 2.10 bits per heavy atom. The lowest BCUT2D eigenvalue weighted by Gasteiger charge is -2.09. The second kappa shape index (κ2) is 6.21. The molecule has 1 heterocycles. The van der Waals surface area contributed by atoms with Gasteiger partial charge in [0.05, 0.1) is 6.54 Å². The first-order valence-electron chi connectivity index (χ1n) is 6.43. The van der Waals surface area contributed by atoms with Crippen LogP contribution in [0.1, 0.15) is 24.4 Å². The molecule has 0 aliphatic heterocycles. The number of aryl methyl sites for hydroxylation is 1. The number of aromatic nitrogens is 2. The molecule has 0 radical (unpaired) electrons. The Bertz CT molecular complexity index is 574. The normalized spacial score (nSPS) is 11.9. The predicted molar refractivity (Wildman–Crippen MR) is 78.1 cm³/mol.